The fourth-order valence-corrected chi connectivity index (χ4v) is 3.21. The first-order valence-corrected chi connectivity index (χ1v) is 7.18. The number of hydrogen-bond acceptors (Lipinski definition) is 4. The molecule has 1 fully saturated rings. The normalized spacial score (nSPS) is 19.7. The lowest BCUT2D eigenvalue weighted by Crippen LogP contribution is -2.39. The lowest BCUT2D eigenvalue weighted by Gasteiger charge is -2.29. The number of anilines is 1. The van der Waals surface area contributed by atoms with Gasteiger partial charge in [-0.1, -0.05) is 0 Å². The monoisotopic (exact) mass is 265 g/mol. The topological polar surface area (TPSA) is 50.3 Å². The number of aromatic nitrogens is 2. The Morgan fingerprint density at radius 1 is 1.42 bits per heavy atom. The number of likely N-dealkylation sites (N-methyl/N-ethyl adjacent to an activating group) is 1. The van der Waals surface area contributed by atoms with Gasteiger partial charge in [0.25, 0.3) is 0 Å². The van der Waals surface area contributed by atoms with Gasteiger partial charge in [-0.25, -0.2) is 0 Å². The van der Waals surface area contributed by atoms with Crippen molar-refractivity contribution in [2.24, 2.45) is 12.8 Å². The van der Waals surface area contributed by atoms with Gasteiger partial charge in [0.05, 0.1) is 5.69 Å². The smallest absolute Gasteiger partial charge is 0.130 e. The van der Waals surface area contributed by atoms with Crippen LogP contribution in [0.15, 0.2) is 0 Å². The summed E-state index contributed by atoms with van der Waals surface area (Å²) in [7, 11) is 6.34. The van der Waals surface area contributed by atoms with Crippen molar-refractivity contribution in [2.75, 3.05) is 38.6 Å². The van der Waals surface area contributed by atoms with Gasteiger partial charge in [0.1, 0.15) is 5.82 Å². The van der Waals surface area contributed by atoms with E-state index in [2.05, 4.69) is 35.9 Å². The fourth-order valence-electron chi connectivity index (χ4n) is 3.21. The second kappa shape index (κ2) is 5.92. The van der Waals surface area contributed by atoms with E-state index < -0.39 is 0 Å². The maximum atomic E-state index is 5.76. The minimum atomic E-state index is 0.598. The molecular formula is C14H27N5. The maximum Gasteiger partial charge on any atom is 0.130 e. The molecule has 0 aliphatic carbocycles. The number of nitrogens with zero attached hydrogens (tertiary/aromatic N) is 4. The highest BCUT2D eigenvalue weighted by atomic mass is 15.4. The van der Waals surface area contributed by atoms with E-state index in [4.69, 9.17) is 5.73 Å². The SMILES string of the molecule is Cc1nn(C)c(N2CCCC2CN(C)C)c1CCN. The second-order valence-corrected chi connectivity index (χ2v) is 5.80. The van der Waals surface area contributed by atoms with E-state index in [0.717, 1.165) is 25.2 Å². The van der Waals surface area contributed by atoms with Gasteiger partial charge in [-0.2, -0.15) is 5.10 Å². The first-order valence-electron chi connectivity index (χ1n) is 7.18. The Bertz CT molecular complexity index is 424. The Balaban J connectivity index is 2.29. The Morgan fingerprint density at radius 2 is 2.16 bits per heavy atom. The number of aryl methyl sites for hydroxylation is 2. The summed E-state index contributed by atoms with van der Waals surface area (Å²) in [4.78, 5) is 4.81. The van der Waals surface area contributed by atoms with Gasteiger partial charge in [-0.15, -0.1) is 0 Å². The average molecular weight is 265 g/mol. The van der Waals surface area contributed by atoms with E-state index >= 15 is 0 Å². The lowest BCUT2D eigenvalue weighted by atomic mass is 10.1. The van der Waals surface area contributed by atoms with Crippen molar-refractivity contribution in [1.29, 1.82) is 0 Å². The molecule has 108 valence electrons. The molecule has 1 atom stereocenters. The van der Waals surface area contributed by atoms with Crippen molar-refractivity contribution in [3.63, 3.8) is 0 Å². The van der Waals surface area contributed by atoms with Crippen molar-refractivity contribution in [2.45, 2.75) is 32.2 Å². The molecule has 1 saturated heterocycles. The molecule has 2 N–H and O–H groups in total. The average Bonchev–Trinajstić information content (AvgIpc) is 2.85. The van der Waals surface area contributed by atoms with Crippen LogP contribution in [0.3, 0.4) is 0 Å². The molecule has 0 aromatic carbocycles. The van der Waals surface area contributed by atoms with Crippen LogP contribution in [0.25, 0.3) is 0 Å². The minimum Gasteiger partial charge on any atom is -0.352 e. The summed E-state index contributed by atoms with van der Waals surface area (Å²) in [5.74, 6) is 1.28. The molecule has 0 spiro atoms. The van der Waals surface area contributed by atoms with Crippen molar-refractivity contribution in [3.8, 4) is 0 Å². The molecule has 1 unspecified atom stereocenters. The molecule has 1 aromatic rings. The van der Waals surface area contributed by atoms with Crippen molar-refractivity contribution < 1.29 is 0 Å². The molecule has 0 amide bonds. The molecular weight excluding hydrogens is 238 g/mol. The molecule has 5 nitrogen and oxygen atoms in total. The fraction of sp³-hybridized carbons (Fsp3) is 0.786. The van der Waals surface area contributed by atoms with Crippen LogP contribution in [0.1, 0.15) is 24.1 Å². The molecule has 0 bridgehead atoms. The van der Waals surface area contributed by atoms with Gasteiger partial charge in [0.15, 0.2) is 0 Å². The van der Waals surface area contributed by atoms with Gasteiger partial charge >= 0.3 is 0 Å². The summed E-state index contributed by atoms with van der Waals surface area (Å²) in [5, 5.41) is 4.59. The molecule has 5 heteroatoms. The van der Waals surface area contributed by atoms with Crippen LogP contribution in [-0.2, 0) is 13.5 Å². The van der Waals surface area contributed by atoms with E-state index in [0.29, 0.717) is 12.6 Å². The quantitative estimate of drug-likeness (QED) is 0.854. The van der Waals surface area contributed by atoms with Crippen LogP contribution in [0, 0.1) is 6.92 Å². The van der Waals surface area contributed by atoms with Gasteiger partial charge in [-0.05, 0) is 46.8 Å². The predicted molar refractivity (Wildman–Crippen MR) is 79.6 cm³/mol. The second-order valence-electron chi connectivity index (χ2n) is 5.80. The van der Waals surface area contributed by atoms with Crippen LogP contribution in [0.4, 0.5) is 5.82 Å². The molecule has 19 heavy (non-hydrogen) atoms. The summed E-state index contributed by atoms with van der Waals surface area (Å²) >= 11 is 0. The van der Waals surface area contributed by atoms with Gasteiger partial charge in [-0.3, -0.25) is 4.68 Å². The third kappa shape index (κ3) is 2.92. The van der Waals surface area contributed by atoms with Crippen LogP contribution in [0.2, 0.25) is 0 Å². The molecule has 2 rings (SSSR count). The van der Waals surface area contributed by atoms with Crippen LogP contribution in [-0.4, -0.2) is 54.5 Å². The largest absolute Gasteiger partial charge is 0.352 e. The molecule has 1 aliphatic rings. The van der Waals surface area contributed by atoms with E-state index in [1.807, 2.05) is 11.7 Å². The first kappa shape index (κ1) is 14.3. The Kier molecular flexibility index (Phi) is 4.47. The highest BCUT2D eigenvalue weighted by Crippen LogP contribution is 2.30. The van der Waals surface area contributed by atoms with Crippen LogP contribution in [0.5, 0.6) is 0 Å². The zero-order valence-electron chi connectivity index (χ0n) is 12.7. The Hall–Kier alpha value is -1.07. The summed E-state index contributed by atoms with van der Waals surface area (Å²) < 4.78 is 2.04. The van der Waals surface area contributed by atoms with E-state index in [-0.39, 0.29) is 0 Å². The Morgan fingerprint density at radius 3 is 2.79 bits per heavy atom. The van der Waals surface area contributed by atoms with Gasteiger partial charge in [0, 0.05) is 31.7 Å². The third-order valence-electron chi connectivity index (χ3n) is 3.93. The van der Waals surface area contributed by atoms with Crippen LogP contribution >= 0.6 is 0 Å². The molecule has 2 heterocycles. The minimum absolute atomic E-state index is 0.598. The lowest BCUT2D eigenvalue weighted by molar-refractivity contribution is 0.370. The zero-order chi connectivity index (χ0) is 14.0. The summed E-state index contributed by atoms with van der Waals surface area (Å²) in [6.07, 6.45) is 3.45. The summed E-state index contributed by atoms with van der Waals surface area (Å²) in [6, 6.07) is 0.598. The van der Waals surface area contributed by atoms with E-state index in [1.54, 1.807) is 0 Å². The standard InChI is InChI=1S/C14H27N5/c1-11-13(7-8-15)14(18(4)16-11)19-9-5-6-12(19)10-17(2)3/h12H,5-10,15H2,1-4H3. The highest BCUT2D eigenvalue weighted by Gasteiger charge is 2.29. The number of nitrogens with two attached hydrogens (primary N) is 1. The predicted octanol–water partition coefficient (Wildman–Crippen LogP) is 0.760. The highest BCUT2D eigenvalue weighted by molar-refractivity contribution is 5.52. The Labute approximate surface area is 116 Å². The van der Waals surface area contributed by atoms with Crippen molar-refractivity contribution in [1.82, 2.24) is 14.7 Å². The summed E-state index contributed by atoms with van der Waals surface area (Å²) in [6.45, 7) is 5.01. The summed E-state index contributed by atoms with van der Waals surface area (Å²) in [5.41, 5.74) is 8.21. The van der Waals surface area contributed by atoms with Crippen LogP contribution < -0.4 is 10.6 Å². The molecule has 1 aromatic heterocycles. The zero-order valence-corrected chi connectivity index (χ0v) is 12.7. The van der Waals surface area contributed by atoms with Gasteiger partial charge < -0.3 is 15.5 Å². The number of rotatable bonds is 5. The van der Waals surface area contributed by atoms with Crippen molar-refractivity contribution >= 4 is 5.82 Å². The molecule has 0 radical (unpaired) electrons. The molecule has 1 aliphatic heterocycles. The molecule has 0 saturated carbocycles. The van der Waals surface area contributed by atoms with E-state index in [9.17, 15) is 0 Å². The van der Waals surface area contributed by atoms with E-state index in [1.165, 1.54) is 24.2 Å². The maximum absolute atomic E-state index is 5.76. The number of hydrogen-bond donors (Lipinski definition) is 1. The van der Waals surface area contributed by atoms with Crippen molar-refractivity contribution in [3.05, 3.63) is 11.3 Å². The van der Waals surface area contributed by atoms with Gasteiger partial charge in [0.2, 0.25) is 0 Å². The third-order valence-corrected chi connectivity index (χ3v) is 3.93. The first-order chi connectivity index (χ1) is 9.04.